The number of carbonyl (C=O) groups excluding carboxylic acids is 1. The summed E-state index contributed by atoms with van der Waals surface area (Å²) in [5.41, 5.74) is 0.457. The number of carbonyl (C=O) groups is 2. The van der Waals surface area contributed by atoms with Crippen molar-refractivity contribution in [3.63, 3.8) is 0 Å². The van der Waals surface area contributed by atoms with Gasteiger partial charge in [0.2, 0.25) is 5.91 Å². The van der Waals surface area contributed by atoms with Crippen LogP contribution in [0.25, 0.3) is 0 Å². The normalized spacial score (nSPS) is 24.2. The maximum atomic E-state index is 13.5. The van der Waals surface area contributed by atoms with Crippen molar-refractivity contribution in [3.8, 4) is 0 Å². The lowest BCUT2D eigenvalue weighted by molar-refractivity contribution is -0.148. The second kappa shape index (κ2) is 4.53. The predicted molar refractivity (Wildman–Crippen MR) is 57.9 cm³/mol. The van der Waals surface area contributed by atoms with Gasteiger partial charge in [-0.2, -0.15) is 0 Å². The minimum atomic E-state index is -1.16. The molecule has 0 spiro atoms. The van der Waals surface area contributed by atoms with Crippen molar-refractivity contribution >= 4 is 11.9 Å². The number of amides is 1. The third kappa shape index (κ3) is 2.27. The summed E-state index contributed by atoms with van der Waals surface area (Å²) in [6.07, 6.45) is 0.141. The maximum absolute atomic E-state index is 13.5. The molecular weight excluding hydrogens is 225 g/mol. The first kappa shape index (κ1) is 11.6. The van der Waals surface area contributed by atoms with Crippen LogP contribution in [0.2, 0.25) is 0 Å². The summed E-state index contributed by atoms with van der Waals surface area (Å²) in [6, 6.07) is 6.23. The molecular formula is C12H12FNO3. The fourth-order valence-electron chi connectivity index (χ4n) is 2.08. The van der Waals surface area contributed by atoms with Crippen molar-refractivity contribution in [1.29, 1.82) is 0 Å². The summed E-state index contributed by atoms with van der Waals surface area (Å²) in [4.78, 5) is 22.2. The van der Waals surface area contributed by atoms with Crippen molar-refractivity contribution in [3.05, 3.63) is 35.6 Å². The Morgan fingerprint density at radius 1 is 1.41 bits per heavy atom. The summed E-state index contributed by atoms with van der Waals surface area (Å²) < 4.78 is 13.5. The highest BCUT2D eigenvalue weighted by Gasteiger charge is 2.35. The van der Waals surface area contributed by atoms with E-state index in [0.29, 0.717) is 5.56 Å². The fraction of sp³-hybridized carbons (Fsp3) is 0.333. The molecule has 1 amide bonds. The van der Waals surface area contributed by atoms with E-state index in [2.05, 4.69) is 5.32 Å². The molecule has 1 saturated heterocycles. The van der Waals surface area contributed by atoms with E-state index in [4.69, 9.17) is 5.11 Å². The minimum absolute atomic E-state index is 0.141. The van der Waals surface area contributed by atoms with Gasteiger partial charge in [-0.3, -0.25) is 9.59 Å². The average Bonchev–Trinajstić information content (AvgIpc) is 2.30. The lowest BCUT2D eigenvalue weighted by Crippen LogP contribution is -2.44. The molecule has 2 unspecified atom stereocenters. The Morgan fingerprint density at radius 3 is 2.76 bits per heavy atom. The Kier molecular flexibility index (Phi) is 3.08. The first-order chi connectivity index (χ1) is 8.09. The summed E-state index contributed by atoms with van der Waals surface area (Å²) in [7, 11) is 0. The van der Waals surface area contributed by atoms with Crippen LogP contribution in [0.3, 0.4) is 0 Å². The number of rotatable bonds is 2. The van der Waals surface area contributed by atoms with Crippen LogP contribution in [0.5, 0.6) is 0 Å². The molecule has 1 aliphatic heterocycles. The molecule has 5 heteroatoms. The van der Waals surface area contributed by atoms with E-state index >= 15 is 0 Å². The number of hydrogen-bond acceptors (Lipinski definition) is 2. The largest absolute Gasteiger partial charge is 0.481 e. The molecule has 17 heavy (non-hydrogen) atoms. The third-order valence-electron chi connectivity index (χ3n) is 3.00. The van der Waals surface area contributed by atoms with Gasteiger partial charge in [0.05, 0.1) is 0 Å². The highest BCUT2D eigenvalue weighted by Crippen LogP contribution is 2.28. The summed E-state index contributed by atoms with van der Waals surface area (Å²) >= 11 is 0. The van der Waals surface area contributed by atoms with Crippen LogP contribution in [0.4, 0.5) is 4.39 Å². The first-order valence-electron chi connectivity index (χ1n) is 5.34. The smallest absolute Gasteiger partial charge is 0.316 e. The Bertz CT molecular complexity index is 461. The molecule has 0 saturated carbocycles. The van der Waals surface area contributed by atoms with Crippen LogP contribution in [-0.2, 0) is 9.59 Å². The van der Waals surface area contributed by atoms with Crippen LogP contribution in [0.1, 0.15) is 17.9 Å². The maximum Gasteiger partial charge on any atom is 0.316 e. The quantitative estimate of drug-likeness (QED) is 0.758. The molecule has 4 nitrogen and oxygen atoms in total. The molecule has 1 aliphatic rings. The SMILES string of the molecule is O=C(O)C1CC(c2ccccc2F)CNC1=O. The average molecular weight is 237 g/mol. The van der Waals surface area contributed by atoms with E-state index in [1.54, 1.807) is 18.2 Å². The second-order valence-corrected chi connectivity index (χ2v) is 4.09. The van der Waals surface area contributed by atoms with Gasteiger partial charge in [0.15, 0.2) is 0 Å². The molecule has 1 heterocycles. The van der Waals surface area contributed by atoms with Gasteiger partial charge in [0.1, 0.15) is 11.7 Å². The number of hydrogen-bond donors (Lipinski definition) is 2. The topological polar surface area (TPSA) is 66.4 Å². The van der Waals surface area contributed by atoms with E-state index in [0.717, 1.165) is 0 Å². The van der Waals surface area contributed by atoms with Gasteiger partial charge in [0, 0.05) is 12.5 Å². The zero-order valence-corrected chi connectivity index (χ0v) is 9.02. The summed E-state index contributed by atoms with van der Waals surface area (Å²) in [5, 5.41) is 11.4. The van der Waals surface area contributed by atoms with Crippen molar-refractivity contribution in [1.82, 2.24) is 5.32 Å². The zero-order valence-electron chi connectivity index (χ0n) is 9.02. The number of carboxylic acid groups (broad SMARTS) is 1. The Morgan fingerprint density at radius 2 is 2.12 bits per heavy atom. The molecule has 0 bridgehead atoms. The Balaban J connectivity index is 2.22. The van der Waals surface area contributed by atoms with Gasteiger partial charge in [-0.1, -0.05) is 18.2 Å². The minimum Gasteiger partial charge on any atom is -0.481 e. The molecule has 1 fully saturated rings. The third-order valence-corrected chi connectivity index (χ3v) is 3.00. The number of benzene rings is 1. The van der Waals surface area contributed by atoms with Crippen molar-refractivity contribution in [2.24, 2.45) is 5.92 Å². The second-order valence-electron chi connectivity index (χ2n) is 4.09. The highest BCUT2D eigenvalue weighted by atomic mass is 19.1. The van der Waals surface area contributed by atoms with E-state index in [1.807, 2.05) is 0 Å². The standard InChI is InChI=1S/C12H12FNO3/c13-10-4-2-1-3-8(10)7-5-9(12(16)17)11(15)14-6-7/h1-4,7,9H,5-6H2,(H,14,15)(H,16,17). The first-order valence-corrected chi connectivity index (χ1v) is 5.34. The molecule has 2 atom stereocenters. The lowest BCUT2D eigenvalue weighted by Gasteiger charge is -2.27. The number of nitrogens with one attached hydrogen (secondary N) is 1. The van der Waals surface area contributed by atoms with Gasteiger partial charge in [-0.05, 0) is 18.1 Å². The van der Waals surface area contributed by atoms with Gasteiger partial charge >= 0.3 is 5.97 Å². The van der Waals surface area contributed by atoms with Crippen LogP contribution >= 0.6 is 0 Å². The number of halogens is 1. The van der Waals surface area contributed by atoms with Crippen molar-refractivity contribution in [2.45, 2.75) is 12.3 Å². The van der Waals surface area contributed by atoms with Gasteiger partial charge < -0.3 is 10.4 Å². The molecule has 1 aromatic carbocycles. The van der Waals surface area contributed by atoms with Crippen LogP contribution in [0.15, 0.2) is 24.3 Å². The van der Waals surface area contributed by atoms with Crippen LogP contribution in [-0.4, -0.2) is 23.5 Å². The van der Waals surface area contributed by atoms with Gasteiger partial charge in [-0.25, -0.2) is 4.39 Å². The molecule has 0 aromatic heterocycles. The molecule has 90 valence electrons. The van der Waals surface area contributed by atoms with Crippen LogP contribution in [0, 0.1) is 11.7 Å². The monoisotopic (exact) mass is 237 g/mol. The van der Waals surface area contributed by atoms with Crippen molar-refractivity contribution < 1.29 is 19.1 Å². The van der Waals surface area contributed by atoms with Gasteiger partial charge in [-0.15, -0.1) is 0 Å². The van der Waals surface area contributed by atoms with E-state index in [9.17, 15) is 14.0 Å². The lowest BCUT2D eigenvalue weighted by atomic mass is 9.85. The Labute approximate surface area is 97.4 Å². The summed E-state index contributed by atoms with van der Waals surface area (Å²) in [6.45, 7) is 0.281. The highest BCUT2D eigenvalue weighted by molar-refractivity contribution is 5.97. The molecule has 1 aromatic rings. The van der Waals surface area contributed by atoms with E-state index < -0.39 is 17.8 Å². The number of carboxylic acids is 1. The Hall–Kier alpha value is -1.91. The number of aliphatic carboxylic acids is 1. The van der Waals surface area contributed by atoms with Crippen LogP contribution < -0.4 is 5.32 Å². The molecule has 0 radical (unpaired) electrons. The number of piperidine rings is 1. The molecule has 0 aliphatic carbocycles. The zero-order chi connectivity index (χ0) is 12.4. The fourth-order valence-corrected chi connectivity index (χ4v) is 2.08. The van der Waals surface area contributed by atoms with E-state index in [1.165, 1.54) is 6.07 Å². The summed E-state index contributed by atoms with van der Waals surface area (Å²) in [5.74, 6) is -3.39. The van der Waals surface area contributed by atoms with Gasteiger partial charge in [0.25, 0.3) is 0 Å². The van der Waals surface area contributed by atoms with Crippen molar-refractivity contribution in [2.75, 3.05) is 6.54 Å². The molecule has 2 N–H and O–H groups in total. The predicted octanol–water partition coefficient (Wildman–Crippen LogP) is 1.13. The molecule has 2 rings (SSSR count). The van der Waals surface area contributed by atoms with E-state index in [-0.39, 0.29) is 24.7 Å².